The maximum Gasteiger partial charge on any atom is 0.306 e. The fourth-order valence-electron chi connectivity index (χ4n) is 7.14. The Kier molecular flexibility index (Phi) is 10.9. The van der Waals surface area contributed by atoms with Gasteiger partial charge in [0.25, 0.3) is 0 Å². The van der Waals surface area contributed by atoms with Crippen molar-refractivity contribution in [2.75, 3.05) is 25.0 Å². The molecule has 5 unspecified atom stereocenters. The zero-order valence-corrected chi connectivity index (χ0v) is 29.6. The predicted octanol–water partition coefficient (Wildman–Crippen LogP) is 5.33. The van der Waals surface area contributed by atoms with Crippen LogP contribution in [-0.4, -0.2) is 78.1 Å². The van der Waals surface area contributed by atoms with Crippen molar-refractivity contribution in [2.45, 2.75) is 88.7 Å². The zero-order valence-electron chi connectivity index (χ0n) is 27.9. The lowest BCUT2D eigenvalue weighted by molar-refractivity contribution is -0.162. The van der Waals surface area contributed by atoms with Gasteiger partial charge in [-0.2, -0.15) is 4.31 Å². The first kappa shape index (κ1) is 36.1. The average molecular weight is 722 g/mol. The van der Waals surface area contributed by atoms with Gasteiger partial charge >= 0.3 is 5.97 Å². The Morgan fingerprint density at radius 1 is 1.12 bits per heavy atom. The van der Waals surface area contributed by atoms with Gasteiger partial charge in [0, 0.05) is 48.9 Å². The Morgan fingerprint density at radius 3 is 2.55 bits per heavy atom. The van der Waals surface area contributed by atoms with Gasteiger partial charge in [0.15, 0.2) is 11.4 Å². The highest BCUT2D eigenvalue weighted by Crippen LogP contribution is 2.42. The van der Waals surface area contributed by atoms with Crippen molar-refractivity contribution in [2.24, 2.45) is 29.6 Å². The predicted molar refractivity (Wildman–Crippen MR) is 181 cm³/mol. The number of nitrogens with one attached hydrogen (secondary N) is 1. The molecule has 2 aliphatic carbocycles. The van der Waals surface area contributed by atoms with Gasteiger partial charge in [-0.05, 0) is 73.9 Å². The van der Waals surface area contributed by atoms with E-state index < -0.39 is 52.0 Å². The SMILES string of the molecule is CC(C)CN(C[C@@H](O)[C@@H](CC(=O)OC1C2CCC(C(O)OC2)C1C)Cc1cc(F)cc(F)c1)S(=O)(=O)c1ccc2nc(NC3CC3)sc2c1. The topological polar surface area (TPSA) is 138 Å². The van der Waals surface area contributed by atoms with Crippen LogP contribution in [0.2, 0.25) is 0 Å². The van der Waals surface area contributed by atoms with E-state index in [4.69, 9.17) is 9.47 Å². The van der Waals surface area contributed by atoms with E-state index in [-0.39, 0.29) is 66.7 Å². The molecule has 268 valence electrons. The van der Waals surface area contributed by atoms with E-state index in [2.05, 4.69) is 10.3 Å². The van der Waals surface area contributed by atoms with E-state index in [1.165, 1.54) is 21.7 Å². The molecule has 1 aromatic heterocycles. The molecule has 4 fully saturated rings. The number of carbonyl (C=O) groups is 1. The quantitative estimate of drug-likeness (QED) is 0.189. The molecule has 4 aliphatic rings. The molecule has 3 aromatic rings. The molecule has 2 bridgehead atoms. The number of sulfonamides is 1. The van der Waals surface area contributed by atoms with Crippen LogP contribution >= 0.6 is 11.3 Å². The summed E-state index contributed by atoms with van der Waals surface area (Å²) >= 11 is 1.38. The van der Waals surface area contributed by atoms with Gasteiger partial charge in [-0.3, -0.25) is 4.79 Å². The molecule has 49 heavy (non-hydrogen) atoms. The van der Waals surface area contributed by atoms with Gasteiger partial charge in [-0.25, -0.2) is 22.2 Å². The minimum absolute atomic E-state index is 0.0550. The summed E-state index contributed by atoms with van der Waals surface area (Å²) in [5.41, 5.74) is 0.901. The maximum atomic E-state index is 14.2. The minimum Gasteiger partial charge on any atom is -0.462 e. The fourth-order valence-corrected chi connectivity index (χ4v) is 9.85. The molecule has 0 radical (unpaired) electrons. The number of hydrogen-bond acceptors (Lipinski definition) is 10. The van der Waals surface area contributed by atoms with Gasteiger partial charge < -0.3 is 25.0 Å². The molecule has 0 amide bonds. The van der Waals surface area contributed by atoms with Crippen LogP contribution in [0.1, 0.15) is 58.4 Å². The molecule has 2 saturated carbocycles. The highest BCUT2D eigenvalue weighted by atomic mass is 32.2. The zero-order chi connectivity index (χ0) is 35.0. The number of thiazole rings is 1. The van der Waals surface area contributed by atoms with E-state index in [0.717, 1.165) is 49.0 Å². The summed E-state index contributed by atoms with van der Waals surface area (Å²) < 4.78 is 70.1. The Balaban J connectivity index is 1.23. The van der Waals surface area contributed by atoms with Crippen molar-refractivity contribution in [3.8, 4) is 0 Å². The second-order valence-corrected chi connectivity index (χ2v) is 17.3. The number of hydrogen-bond donors (Lipinski definition) is 3. The summed E-state index contributed by atoms with van der Waals surface area (Å²) in [7, 11) is -4.12. The van der Waals surface area contributed by atoms with Crippen LogP contribution in [-0.2, 0) is 30.7 Å². The molecule has 14 heteroatoms. The van der Waals surface area contributed by atoms with Crippen molar-refractivity contribution in [3.63, 3.8) is 0 Å². The normalized spacial score (nSPS) is 25.4. The van der Waals surface area contributed by atoms with E-state index in [9.17, 15) is 32.2 Å². The van der Waals surface area contributed by atoms with Crippen molar-refractivity contribution in [1.29, 1.82) is 0 Å². The van der Waals surface area contributed by atoms with Crippen LogP contribution in [0.15, 0.2) is 41.3 Å². The highest BCUT2D eigenvalue weighted by Gasteiger charge is 2.46. The third-order valence-corrected chi connectivity index (χ3v) is 12.7. The van der Waals surface area contributed by atoms with Gasteiger partial charge in [0.1, 0.15) is 17.7 Å². The fraction of sp³-hybridized carbons (Fsp3) is 0.600. The number of nitrogens with zero attached hydrogens (tertiary/aromatic N) is 2. The number of halogens is 2. The first-order valence-electron chi connectivity index (χ1n) is 17.1. The summed E-state index contributed by atoms with van der Waals surface area (Å²) in [5.74, 6) is -3.71. The molecular weight excluding hydrogens is 677 g/mol. The molecule has 2 aliphatic heterocycles. The van der Waals surface area contributed by atoms with Crippen molar-refractivity contribution in [1.82, 2.24) is 9.29 Å². The second kappa shape index (κ2) is 14.8. The van der Waals surface area contributed by atoms with E-state index in [1.54, 1.807) is 12.1 Å². The van der Waals surface area contributed by atoms with Crippen LogP contribution in [0.25, 0.3) is 10.2 Å². The first-order valence-corrected chi connectivity index (χ1v) is 19.3. The Bertz CT molecular complexity index is 1730. The number of esters is 1. The third-order valence-electron chi connectivity index (χ3n) is 9.90. The summed E-state index contributed by atoms with van der Waals surface area (Å²) in [4.78, 5) is 18.1. The van der Waals surface area contributed by atoms with E-state index >= 15 is 0 Å². The van der Waals surface area contributed by atoms with Gasteiger partial charge in [-0.15, -0.1) is 0 Å². The number of ether oxygens (including phenoxy) is 2. The van der Waals surface area contributed by atoms with Crippen LogP contribution in [0, 0.1) is 41.2 Å². The number of carbonyl (C=O) groups excluding carboxylic acids is 1. The van der Waals surface area contributed by atoms with Crippen LogP contribution in [0.5, 0.6) is 0 Å². The average Bonchev–Trinajstić information content (AvgIpc) is 3.79. The monoisotopic (exact) mass is 721 g/mol. The Morgan fingerprint density at radius 2 is 1.86 bits per heavy atom. The number of aliphatic hydroxyl groups excluding tert-OH is 2. The first-order chi connectivity index (χ1) is 23.3. The molecular formula is C35H45F2N3O7S2. The summed E-state index contributed by atoms with van der Waals surface area (Å²) in [5, 5.41) is 26.2. The smallest absolute Gasteiger partial charge is 0.306 e. The lowest BCUT2D eigenvalue weighted by atomic mass is 9.73. The number of aliphatic hydroxyl groups is 2. The number of anilines is 1. The Hall–Kier alpha value is -2.75. The van der Waals surface area contributed by atoms with E-state index in [1.807, 2.05) is 20.8 Å². The molecule has 3 heterocycles. The lowest BCUT2D eigenvalue weighted by Gasteiger charge is -2.38. The standard InChI is InChI=1S/C35H45F2N3O7S2/c1-19(2)16-40(49(44,45)27-7-9-29-31(15-27)48-35(39-29)38-26-5-6-26)17-30(41)23(10-21-11-24(36)14-25(37)12-21)13-32(42)47-33-20(3)28-8-4-22(33)18-46-34(28)43/h7,9,11-12,14-15,19-20,22-23,26,28,30,33-34,41,43H,4-6,8,10,13,16-18H2,1-3H3,(H,38,39)/t20?,22?,23-,28?,30-,33?,34?/m1/s1. The van der Waals surface area contributed by atoms with Crippen LogP contribution in [0.3, 0.4) is 0 Å². The largest absolute Gasteiger partial charge is 0.462 e. The molecule has 7 atom stereocenters. The molecule has 10 nitrogen and oxygen atoms in total. The van der Waals surface area contributed by atoms with Crippen molar-refractivity contribution >= 4 is 42.7 Å². The molecule has 0 spiro atoms. The van der Waals surface area contributed by atoms with Gasteiger partial charge in [0.05, 0.1) is 34.2 Å². The molecule has 2 saturated heterocycles. The van der Waals surface area contributed by atoms with Crippen molar-refractivity contribution in [3.05, 3.63) is 53.6 Å². The van der Waals surface area contributed by atoms with Crippen molar-refractivity contribution < 1.29 is 41.7 Å². The van der Waals surface area contributed by atoms with Gasteiger partial charge in [0.2, 0.25) is 10.0 Å². The summed E-state index contributed by atoms with van der Waals surface area (Å²) in [6.45, 7) is 5.63. The van der Waals surface area contributed by atoms with E-state index in [0.29, 0.717) is 16.3 Å². The Labute approximate surface area is 289 Å². The number of rotatable bonds is 14. The molecule has 2 aromatic carbocycles. The van der Waals surface area contributed by atoms with Gasteiger partial charge in [-0.1, -0.05) is 32.1 Å². The number of aromatic nitrogens is 1. The number of fused-ring (bicyclic) bond motifs is 5. The maximum absolute atomic E-state index is 14.2. The minimum atomic E-state index is -4.12. The van der Waals surface area contributed by atoms with Crippen LogP contribution < -0.4 is 5.32 Å². The second-order valence-electron chi connectivity index (χ2n) is 14.3. The lowest BCUT2D eigenvalue weighted by Crippen LogP contribution is -2.44. The van der Waals surface area contributed by atoms with Crippen LogP contribution in [0.4, 0.5) is 13.9 Å². The summed E-state index contributed by atoms with van der Waals surface area (Å²) in [6.07, 6.45) is 0.390. The highest BCUT2D eigenvalue weighted by molar-refractivity contribution is 7.89. The summed E-state index contributed by atoms with van der Waals surface area (Å²) in [6, 6.07) is 8.18. The molecule has 7 rings (SSSR count). The molecule has 3 N–H and O–H groups in total. The third kappa shape index (κ3) is 8.59. The number of benzene rings is 2.